The minimum atomic E-state index is -0.0114. The van der Waals surface area contributed by atoms with Gasteiger partial charge in [-0.15, -0.1) is 0 Å². The number of aromatic nitrogens is 1. The molecule has 1 saturated heterocycles. The average molecular weight is 318 g/mol. The van der Waals surface area contributed by atoms with Crippen molar-refractivity contribution in [3.05, 3.63) is 24.0 Å². The first-order chi connectivity index (χ1) is 11.1. The maximum Gasteiger partial charge on any atom is 0.315 e. The van der Waals surface area contributed by atoms with Crippen molar-refractivity contribution in [1.82, 2.24) is 20.1 Å². The van der Waals surface area contributed by atoms with Crippen molar-refractivity contribution in [2.45, 2.75) is 51.1 Å². The smallest absolute Gasteiger partial charge is 0.315 e. The molecule has 0 unspecified atom stereocenters. The molecule has 5 nitrogen and oxygen atoms in total. The number of amides is 2. The van der Waals surface area contributed by atoms with Crippen LogP contribution >= 0.6 is 0 Å². The number of aryl methyl sites for hydroxylation is 2. The zero-order chi connectivity index (χ0) is 16.2. The van der Waals surface area contributed by atoms with Gasteiger partial charge in [0.15, 0.2) is 0 Å². The van der Waals surface area contributed by atoms with E-state index in [1.807, 2.05) is 0 Å². The molecule has 0 bridgehead atoms. The minimum Gasteiger partial charge on any atom is -0.354 e. The van der Waals surface area contributed by atoms with E-state index >= 15 is 0 Å². The second-order valence-corrected chi connectivity index (χ2v) is 7.36. The number of urea groups is 1. The van der Waals surface area contributed by atoms with Crippen LogP contribution in [0.25, 0.3) is 0 Å². The molecule has 2 aliphatic rings. The highest BCUT2D eigenvalue weighted by atomic mass is 16.2. The predicted molar refractivity (Wildman–Crippen MR) is 92.4 cm³/mol. The van der Waals surface area contributed by atoms with Crippen LogP contribution in [0.2, 0.25) is 0 Å². The van der Waals surface area contributed by atoms with Crippen molar-refractivity contribution in [3.63, 3.8) is 0 Å². The van der Waals surface area contributed by atoms with E-state index in [1.165, 1.54) is 25.1 Å². The Bertz CT molecular complexity index is 523. The Kier molecular flexibility index (Phi) is 5.26. The first-order valence-electron chi connectivity index (χ1n) is 8.99. The van der Waals surface area contributed by atoms with E-state index in [4.69, 9.17) is 0 Å². The summed E-state index contributed by atoms with van der Waals surface area (Å²) in [5, 5.41) is 6.22. The Hall–Kier alpha value is -1.49. The molecule has 23 heavy (non-hydrogen) atoms. The molecule has 2 atom stereocenters. The van der Waals surface area contributed by atoms with Crippen molar-refractivity contribution < 1.29 is 4.79 Å². The van der Waals surface area contributed by atoms with Gasteiger partial charge in [-0.1, -0.05) is 0 Å². The topological polar surface area (TPSA) is 49.3 Å². The van der Waals surface area contributed by atoms with Crippen LogP contribution in [-0.2, 0) is 13.5 Å². The molecular weight excluding hydrogens is 288 g/mol. The molecule has 128 valence electrons. The number of likely N-dealkylation sites (tertiary alicyclic amines) is 1. The van der Waals surface area contributed by atoms with Crippen LogP contribution in [0.15, 0.2) is 18.3 Å². The van der Waals surface area contributed by atoms with Crippen LogP contribution in [0.1, 0.15) is 38.3 Å². The minimum absolute atomic E-state index is 0.0114. The van der Waals surface area contributed by atoms with Crippen molar-refractivity contribution >= 4 is 6.03 Å². The van der Waals surface area contributed by atoms with Crippen LogP contribution in [0.5, 0.6) is 0 Å². The van der Waals surface area contributed by atoms with E-state index in [9.17, 15) is 4.79 Å². The van der Waals surface area contributed by atoms with Crippen molar-refractivity contribution in [1.29, 1.82) is 0 Å². The summed E-state index contributed by atoms with van der Waals surface area (Å²) in [5.74, 6) is 0.931. The van der Waals surface area contributed by atoms with Gasteiger partial charge in [0.25, 0.3) is 0 Å². The molecule has 0 aromatic carbocycles. The quantitative estimate of drug-likeness (QED) is 0.809. The number of hydrogen-bond donors (Lipinski definition) is 2. The van der Waals surface area contributed by atoms with Gasteiger partial charge >= 0.3 is 6.03 Å². The lowest BCUT2D eigenvalue weighted by atomic mass is 10.1. The molecule has 0 spiro atoms. The first-order valence-corrected chi connectivity index (χ1v) is 8.99. The molecule has 2 heterocycles. The highest BCUT2D eigenvalue weighted by Gasteiger charge is 2.29. The Morgan fingerprint density at radius 1 is 1.39 bits per heavy atom. The summed E-state index contributed by atoms with van der Waals surface area (Å²) in [6.07, 6.45) is 7.89. The summed E-state index contributed by atoms with van der Waals surface area (Å²) in [5.41, 5.74) is 1.31. The molecule has 1 aromatic heterocycles. The SMILES string of the molecule is C[C@H](CCc1cccn1C)NC(=O)N[C@H]1CCN(CC2CC2)C1. The van der Waals surface area contributed by atoms with Gasteiger partial charge in [-0.25, -0.2) is 4.79 Å². The Morgan fingerprint density at radius 2 is 2.22 bits per heavy atom. The van der Waals surface area contributed by atoms with Gasteiger partial charge in [-0.2, -0.15) is 0 Å². The zero-order valence-electron chi connectivity index (χ0n) is 14.4. The molecule has 1 aromatic rings. The van der Waals surface area contributed by atoms with E-state index < -0.39 is 0 Å². The highest BCUT2D eigenvalue weighted by Crippen LogP contribution is 2.30. The Balaban J connectivity index is 1.33. The lowest BCUT2D eigenvalue weighted by Gasteiger charge is -2.19. The summed E-state index contributed by atoms with van der Waals surface area (Å²) < 4.78 is 2.14. The molecular formula is C18H30N4O. The van der Waals surface area contributed by atoms with Gasteiger partial charge in [-0.3, -0.25) is 0 Å². The highest BCUT2D eigenvalue weighted by molar-refractivity contribution is 5.74. The van der Waals surface area contributed by atoms with Crippen molar-refractivity contribution in [3.8, 4) is 0 Å². The summed E-state index contributed by atoms with van der Waals surface area (Å²) in [4.78, 5) is 14.6. The number of nitrogens with one attached hydrogen (secondary N) is 2. The third-order valence-electron chi connectivity index (χ3n) is 5.08. The predicted octanol–water partition coefficient (Wildman–Crippen LogP) is 2.13. The van der Waals surface area contributed by atoms with E-state index in [0.29, 0.717) is 6.04 Å². The Labute approximate surface area is 139 Å². The molecule has 1 aliphatic carbocycles. The fraction of sp³-hybridized carbons (Fsp3) is 0.722. The summed E-state index contributed by atoms with van der Waals surface area (Å²) in [6.45, 7) is 5.45. The van der Waals surface area contributed by atoms with Crippen LogP contribution in [0.3, 0.4) is 0 Å². The van der Waals surface area contributed by atoms with Crippen molar-refractivity contribution in [2.24, 2.45) is 13.0 Å². The van der Waals surface area contributed by atoms with Crippen LogP contribution < -0.4 is 10.6 Å². The maximum atomic E-state index is 12.1. The second kappa shape index (κ2) is 7.39. The van der Waals surface area contributed by atoms with E-state index in [1.54, 1.807) is 0 Å². The molecule has 2 amide bonds. The maximum absolute atomic E-state index is 12.1. The summed E-state index contributed by atoms with van der Waals surface area (Å²) in [7, 11) is 2.06. The lowest BCUT2D eigenvalue weighted by Crippen LogP contribution is -2.46. The molecule has 5 heteroatoms. The summed E-state index contributed by atoms with van der Waals surface area (Å²) >= 11 is 0. The largest absolute Gasteiger partial charge is 0.354 e. The van der Waals surface area contributed by atoms with Crippen LogP contribution in [0, 0.1) is 5.92 Å². The van der Waals surface area contributed by atoms with Gasteiger partial charge < -0.3 is 20.1 Å². The van der Waals surface area contributed by atoms with E-state index in [-0.39, 0.29) is 12.1 Å². The monoisotopic (exact) mass is 318 g/mol. The van der Waals surface area contributed by atoms with Gasteiger partial charge in [-0.05, 0) is 57.1 Å². The summed E-state index contributed by atoms with van der Waals surface area (Å²) in [6, 6.07) is 4.69. The Morgan fingerprint density at radius 3 is 2.91 bits per heavy atom. The van der Waals surface area contributed by atoms with Crippen LogP contribution in [0.4, 0.5) is 4.79 Å². The fourth-order valence-electron chi connectivity index (χ4n) is 3.43. The molecule has 1 aliphatic heterocycles. The average Bonchev–Trinajstić information content (AvgIpc) is 3.05. The number of hydrogen-bond acceptors (Lipinski definition) is 2. The normalized spacial score (nSPS) is 23.0. The lowest BCUT2D eigenvalue weighted by molar-refractivity contribution is 0.232. The number of carbonyl (C=O) groups excluding carboxylic acids is 1. The fourth-order valence-corrected chi connectivity index (χ4v) is 3.43. The molecule has 1 saturated carbocycles. The molecule has 2 N–H and O–H groups in total. The van der Waals surface area contributed by atoms with Gasteiger partial charge in [0, 0.05) is 50.7 Å². The molecule has 3 rings (SSSR count). The first kappa shape index (κ1) is 16.4. The van der Waals surface area contributed by atoms with Gasteiger partial charge in [0.05, 0.1) is 0 Å². The number of rotatable bonds is 7. The standard InChI is InChI=1S/C18H30N4O/c1-14(5-8-17-4-3-10-21(17)2)19-18(23)20-16-9-11-22(13-16)12-15-6-7-15/h3-4,10,14-16H,5-9,11-13H2,1-2H3,(H2,19,20,23)/t14-,16+/m1/s1. The zero-order valence-corrected chi connectivity index (χ0v) is 14.4. The van der Waals surface area contributed by atoms with E-state index in [0.717, 1.165) is 38.3 Å². The van der Waals surface area contributed by atoms with Gasteiger partial charge in [0.2, 0.25) is 0 Å². The number of nitrogens with zero attached hydrogens (tertiary/aromatic N) is 2. The number of carbonyl (C=O) groups is 1. The molecule has 0 radical (unpaired) electrons. The van der Waals surface area contributed by atoms with E-state index in [2.05, 4.69) is 52.4 Å². The third-order valence-corrected chi connectivity index (χ3v) is 5.08. The third kappa shape index (κ3) is 4.99. The van der Waals surface area contributed by atoms with Gasteiger partial charge in [0.1, 0.15) is 0 Å². The molecule has 2 fully saturated rings. The van der Waals surface area contributed by atoms with Crippen molar-refractivity contribution in [2.75, 3.05) is 19.6 Å². The second-order valence-electron chi connectivity index (χ2n) is 7.36. The van der Waals surface area contributed by atoms with Crippen LogP contribution in [-0.4, -0.2) is 47.2 Å².